The highest BCUT2D eigenvalue weighted by molar-refractivity contribution is 5.17. The normalized spacial score (nSPS) is 10.5. The minimum atomic E-state index is -0.0781. The molecule has 21 heavy (non-hydrogen) atoms. The second-order valence-electron chi connectivity index (χ2n) is 4.95. The van der Waals surface area contributed by atoms with Crippen LogP contribution in [-0.4, -0.2) is 17.7 Å². The Labute approximate surface area is 125 Å². The SMILES string of the molecule is NCCCn1cccc(OCCCc2ccccc2)c1=O. The quantitative estimate of drug-likeness (QED) is 0.757. The van der Waals surface area contributed by atoms with E-state index in [2.05, 4.69) is 12.1 Å². The van der Waals surface area contributed by atoms with Gasteiger partial charge in [-0.05, 0) is 43.5 Å². The molecule has 0 radical (unpaired) electrons. The first-order chi connectivity index (χ1) is 10.3. The third-order valence-corrected chi connectivity index (χ3v) is 3.30. The van der Waals surface area contributed by atoms with Crippen LogP contribution in [0.2, 0.25) is 0 Å². The predicted octanol–water partition coefficient (Wildman–Crippen LogP) is 2.21. The first-order valence-electron chi connectivity index (χ1n) is 7.37. The molecular weight excluding hydrogens is 264 g/mol. The van der Waals surface area contributed by atoms with Crippen molar-refractivity contribution in [1.82, 2.24) is 4.57 Å². The number of nitrogens with two attached hydrogens (primary N) is 1. The minimum Gasteiger partial charge on any atom is -0.488 e. The maximum Gasteiger partial charge on any atom is 0.292 e. The smallest absolute Gasteiger partial charge is 0.292 e. The van der Waals surface area contributed by atoms with Crippen molar-refractivity contribution in [1.29, 1.82) is 0 Å². The van der Waals surface area contributed by atoms with Crippen molar-refractivity contribution in [2.24, 2.45) is 5.73 Å². The van der Waals surface area contributed by atoms with Crippen LogP contribution in [0.15, 0.2) is 53.5 Å². The number of ether oxygens (including phenoxy) is 1. The summed E-state index contributed by atoms with van der Waals surface area (Å²) < 4.78 is 7.27. The summed E-state index contributed by atoms with van der Waals surface area (Å²) in [6.45, 7) is 1.76. The number of nitrogens with zero attached hydrogens (tertiary/aromatic N) is 1. The molecule has 0 aliphatic rings. The van der Waals surface area contributed by atoms with E-state index in [1.165, 1.54) is 5.56 Å². The molecular formula is C17H22N2O2. The van der Waals surface area contributed by atoms with E-state index in [-0.39, 0.29) is 5.56 Å². The second-order valence-corrected chi connectivity index (χ2v) is 4.95. The molecule has 1 aromatic carbocycles. The van der Waals surface area contributed by atoms with Crippen LogP contribution in [0.5, 0.6) is 5.75 Å². The number of aromatic nitrogens is 1. The zero-order valence-electron chi connectivity index (χ0n) is 12.2. The average Bonchev–Trinajstić information content (AvgIpc) is 2.53. The van der Waals surface area contributed by atoms with Crippen molar-refractivity contribution < 1.29 is 4.74 Å². The van der Waals surface area contributed by atoms with Crippen LogP contribution in [0.4, 0.5) is 0 Å². The molecule has 0 saturated carbocycles. The Kier molecular flexibility index (Phi) is 6.03. The van der Waals surface area contributed by atoms with Gasteiger partial charge >= 0.3 is 0 Å². The Morgan fingerprint density at radius 3 is 2.62 bits per heavy atom. The zero-order valence-corrected chi connectivity index (χ0v) is 12.2. The van der Waals surface area contributed by atoms with Gasteiger partial charge in [0.15, 0.2) is 5.75 Å². The average molecular weight is 286 g/mol. The first kappa shape index (κ1) is 15.3. The number of hydrogen-bond acceptors (Lipinski definition) is 3. The number of pyridine rings is 1. The van der Waals surface area contributed by atoms with Crippen molar-refractivity contribution in [3.8, 4) is 5.75 Å². The van der Waals surface area contributed by atoms with Crippen molar-refractivity contribution in [2.75, 3.05) is 13.2 Å². The molecule has 2 N–H and O–H groups in total. The van der Waals surface area contributed by atoms with E-state index in [4.69, 9.17) is 10.5 Å². The van der Waals surface area contributed by atoms with E-state index in [0.717, 1.165) is 19.3 Å². The lowest BCUT2D eigenvalue weighted by atomic mass is 10.1. The molecule has 2 aromatic rings. The van der Waals surface area contributed by atoms with Crippen LogP contribution in [-0.2, 0) is 13.0 Å². The fourth-order valence-electron chi connectivity index (χ4n) is 2.17. The maximum absolute atomic E-state index is 12.1. The topological polar surface area (TPSA) is 57.2 Å². The highest BCUT2D eigenvalue weighted by Crippen LogP contribution is 2.06. The number of rotatable bonds is 8. The molecule has 112 valence electrons. The molecule has 0 aliphatic heterocycles. The summed E-state index contributed by atoms with van der Waals surface area (Å²) in [5.41, 5.74) is 6.68. The Balaban J connectivity index is 1.84. The molecule has 0 spiro atoms. The van der Waals surface area contributed by atoms with Crippen LogP contribution in [0.25, 0.3) is 0 Å². The maximum atomic E-state index is 12.1. The van der Waals surface area contributed by atoms with Crippen LogP contribution >= 0.6 is 0 Å². The summed E-state index contributed by atoms with van der Waals surface area (Å²) in [7, 11) is 0. The third kappa shape index (κ3) is 4.76. The molecule has 0 amide bonds. The van der Waals surface area contributed by atoms with E-state index in [9.17, 15) is 4.79 Å². The van der Waals surface area contributed by atoms with Crippen molar-refractivity contribution >= 4 is 0 Å². The van der Waals surface area contributed by atoms with E-state index in [0.29, 0.717) is 25.4 Å². The van der Waals surface area contributed by atoms with E-state index >= 15 is 0 Å². The van der Waals surface area contributed by atoms with Gasteiger partial charge in [-0.15, -0.1) is 0 Å². The van der Waals surface area contributed by atoms with E-state index < -0.39 is 0 Å². The van der Waals surface area contributed by atoms with Gasteiger partial charge in [-0.3, -0.25) is 4.79 Å². The molecule has 2 rings (SSSR count). The fraction of sp³-hybridized carbons (Fsp3) is 0.353. The number of hydrogen-bond donors (Lipinski definition) is 1. The lowest BCUT2D eigenvalue weighted by Crippen LogP contribution is -2.22. The largest absolute Gasteiger partial charge is 0.488 e. The summed E-state index contributed by atoms with van der Waals surface area (Å²) in [5, 5.41) is 0. The number of aryl methyl sites for hydroxylation is 2. The number of benzene rings is 1. The predicted molar refractivity (Wildman–Crippen MR) is 84.6 cm³/mol. The van der Waals surface area contributed by atoms with Gasteiger partial charge in [0.1, 0.15) is 0 Å². The third-order valence-electron chi connectivity index (χ3n) is 3.30. The van der Waals surface area contributed by atoms with E-state index in [1.54, 1.807) is 16.8 Å². The molecule has 0 saturated heterocycles. The summed E-state index contributed by atoms with van der Waals surface area (Å²) >= 11 is 0. The second kappa shape index (κ2) is 8.27. The lowest BCUT2D eigenvalue weighted by molar-refractivity contribution is 0.304. The van der Waals surface area contributed by atoms with Gasteiger partial charge in [0.2, 0.25) is 0 Å². The van der Waals surface area contributed by atoms with Gasteiger partial charge < -0.3 is 15.0 Å². The van der Waals surface area contributed by atoms with Crippen molar-refractivity contribution in [3.05, 3.63) is 64.6 Å². The lowest BCUT2D eigenvalue weighted by Gasteiger charge is -2.09. The summed E-state index contributed by atoms with van der Waals surface area (Å²) in [6, 6.07) is 13.8. The molecule has 4 heteroatoms. The Hall–Kier alpha value is -2.07. The molecule has 1 heterocycles. The van der Waals surface area contributed by atoms with Gasteiger partial charge in [0.25, 0.3) is 5.56 Å². The summed E-state index contributed by atoms with van der Waals surface area (Å²) in [5.74, 6) is 0.419. The fourth-order valence-corrected chi connectivity index (χ4v) is 2.17. The molecule has 0 atom stereocenters. The highest BCUT2D eigenvalue weighted by atomic mass is 16.5. The van der Waals surface area contributed by atoms with Crippen LogP contribution < -0.4 is 16.0 Å². The van der Waals surface area contributed by atoms with Gasteiger partial charge in [0, 0.05) is 12.7 Å². The zero-order chi connectivity index (χ0) is 14.9. The summed E-state index contributed by atoms with van der Waals surface area (Å²) in [4.78, 5) is 12.1. The standard InChI is InChI=1S/C17H22N2O2/c18-11-6-13-19-12-4-10-16(17(19)20)21-14-5-9-15-7-2-1-3-8-15/h1-4,7-8,10,12H,5-6,9,11,13-14,18H2. The van der Waals surface area contributed by atoms with Crippen molar-refractivity contribution in [3.63, 3.8) is 0 Å². The Morgan fingerprint density at radius 2 is 1.86 bits per heavy atom. The molecule has 0 bridgehead atoms. The molecule has 0 unspecified atom stereocenters. The summed E-state index contributed by atoms with van der Waals surface area (Å²) in [6.07, 6.45) is 4.41. The van der Waals surface area contributed by atoms with E-state index in [1.807, 2.05) is 24.3 Å². The highest BCUT2D eigenvalue weighted by Gasteiger charge is 2.03. The van der Waals surface area contributed by atoms with Crippen LogP contribution in [0.1, 0.15) is 18.4 Å². The monoisotopic (exact) mass is 286 g/mol. The Bertz CT molecular complexity index is 593. The molecule has 4 nitrogen and oxygen atoms in total. The van der Waals surface area contributed by atoms with Gasteiger partial charge in [0.05, 0.1) is 6.61 Å². The molecule has 1 aromatic heterocycles. The van der Waals surface area contributed by atoms with Gasteiger partial charge in [-0.2, -0.15) is 0 Å². The Morgan fingerprint density at radius 1 is 1.05 bits per heavy atom. The van der Waals surface area contributed by atoms with Gasteiger partial charge in [-0.25, -0.2) is 0 Å². The molecule has 0 aliphatic carbocycles. The molecule has 0 fully saturated rings. The van der Waals surface area contributed by atoms with Crippen molar-refractivity contribution in [2.45, 2.75) is 25.8 Å². The first-order valence-corrected chi connectivity index (χ1v) is 7.37. The van der Waals surface area contributed by atoms with Crippen LogP contribution in [0.3, 0.4) is 0 Å². The van der Waals surface area contributed by atoms with Gasteiger partial charge in [-0.1, -0.05) is 30.3 Å². The minimum absolute atomic E-state index is 0.0781. The van der Waals surface area contributed by atoms with Crippen LogP contribution in [0, 0.1) is 0 Å².